The van der Waals surface area contributed by atoms with Crippen molar-refractivity contribution in [2.75, 3.05) is 25.4 Å². The van der Waals surface area contributed by atoms with E-state index in [1.807, 2.05) is 6.92 Å². The van der Waals surface area contributed by atoms with Crippen molar-refractivity contribution in [1.29, 1.82) is 0 Å². The molecule has 1 saturated carbocycles. The fourth-order valence-electron chi connectivity index (χ4n) is 2.59. The van der Waals surface area contributed by atoms with E-state index in [2.05, 4.69) is 11.9 Å². The molecule has 5 nitrogen and oxygen atoms in total. The summed E-state index contributed by atoms with van der Waals surface area (Å²) in [4.78, 5) is 13.7. The summed E-state index contributed by atoms with van der Waals surface area (Å²) >= 11 is 0. The summed E-state index contributed by atoms with van der Waals surface area (Å²) in [5.41, 5.74) is 0. The van der Waals surface area contributed by atoms with E-state index in [4.69, 9.17) is 5.11 Å². The van der Waals surface area contributed by atoms with Crippen molar-refractivity contribution < 1.29 is 14.1 Å². The number of aliphatic hydroxyl groups excluding tert-OH is 1. The molecule has 116 valence electrons. The van der Waals surface area contributed by atoms with Crippen LogP contribution in [0.5, 0.6) is 0 Å². The van der Waals surface area contributed by atoms with Gasteiger partial charge in [-0.05, 0) is 12.8 Å². The molecule has 2 N–H and O–H groups in total. The van der Waals surface area contributed by atoms with Gasteiger partial charge in [-0.15, -0.1) is 6.58 Å². The van der Waals surface area contributed by atoms with Gasteiger partial charge >= 0.3 is 6.03 Å². The number of urea groups is 1. The van der Waals surface area contributed by atoms with Crippen LogP contribution in [0.2, 0.25) is 0 Å². The number of hydrogen-bond acceptors (Lipinski definition) is 3. The quantitative estimate of drug-likeness (QED) is 0.696. The maximum atomic E-state index is 12.2. The summed E-state index contributed by atoms with van der Waals surface area (Å²) < 4.78 is 12.1. The lowest BCUT2D eigenvalue weighted by molar-refractivity contribution is 0.178. The Hall–Kier alpha value is -0.880. The molecule has 3 unspecified atom stereocenters. The molecule has 1 rings (SSSR count). The Kier molecular flexibility index (Phi) is 7.84. The van der Waals surface area contributed by atoms with Crippen LogP contribution < -0.4 is 5.32 Å². The fourth-order valence-corrected chi connectivity index (χ4v) is 4.02. The fraction of sp³-hybridized carbons (Fsp3) is 0.786. The van der Waals surface area contributed by atoms with Crippen molar-refractivity contribution in [2.24, 2.45) is 0 Å². The molecule has 1 aliphatic rings. The first-order chi connectivity index (χ1) is 9.63. The van der Waals surface area contributed by atoms with Crippen LogP contribution in [0.25, 0.3) is 0 Å². The zero-order chi connectivity index (χ0) is 15.0. The zero-order valence-corrected chi connectivity index (χ0v) is 13.0. The summed E-state index contributed by atoms with van der Waals surface area (Å²) in [6, 6.07) is -0.230. The van der Waals surface area contributed by atoms with Crippen LogP contribution in [-0.2, 0) is 10.8 Å². The third kappa shape index (κ3) is 4.90. The zero-order valence-electron chi connectivity index (χ0n) is 12.2. The summed E-state index contributed by atoms with van der Waals surface area (Å²) in [6.07, 6.45) is 5.56. The normalized spacial score (nSPS) is 23.9. The van der Waals surface area contributed by atoms with Gasteiger partial charge in [0, 0.05) is 35.7 Å². The molecule has 0 bridgehead atoms. The van der Waals surface area contributed by atoms with Crippen LogP contribution in [0.1, 0.15) is 32.6 Å². The van der Waals surface area contributed by atoms with E-state index in [1.165, 1.54) is 4.90 Å². The Morgan fingerprint density at radius 1 is 1.50 bits per heavy atom. The van der Waals surface area contributed by atoms with Gasteiger partial charge < -0.3 is 15.3 Å². The first-order valence-corrected chi connectivity index (χ1v) is 8.66. The molecule has 3 atom stereocenters. The lowest BCUT2D eigenvalue weighted by atomic mass is 9.95. The van der Waals surface area contributed by atoms with Gasteiger partial charge in [0.25, 0.3) is 0 Å². The van der Waals surface area contributed by atoms with Gasteiger partial charge in [0.2, 0.25) is 0 Å². The first-order valence-electron chi connectivity index (χ1n) is 7.28. The number of amides is 2. The van der Waals surface area contributed by atoms with Gasteiger partial charge in [-0.1, -0.05) is 25.8 Å². The second-order valence-electron chi connectivity index (χ2n) is 5.01. The lowest BCUT2D eigenvalue weighted by Gasteiger charge is -2.33. The molecule has 0 radical (unpaired) electrons. The molecule has 0 aromatic rings. The van der Waals surface area contributed by atoms with Gasteiger partial charge in [0.05, 0.1) is 11.9 Å². The van der Waals surface area contributed by atoms with Crippen molar-refractivity contribution >= 4 is 16.8 Å². The number of aliphatic hydroxyl groups is 1. The summed E-state index contributed by atoms with van der Waals surface area (Å²) in [6.45, 7) is 6.15. The van der Waals surface area contributed by atoms with E-state index in [9.17, 15) is 9.00 Å². The van der Waals surface area contributed by atoms with Crippen molar-refractivity contribution in [1.82, 2.24) is 10.2 Å². The summed E-state index contributed by atoms with van der Waals surface area (Å²) in [5, 5.41) is 12.0. The van der Waals surface area contributed by atoms with Gasteiger partial charge in [-0.2, -0.15) is 0 Å². The van der Waals surface area contributed by atoms with E-state index < -0.39 is 10.8 Å². The maximum absolute atomic E-state index is 12.2. The Morgan fingerprint density at radius 2 is 2.20 bits per heavy atom. The SMILES string of the molecule is C=CCN(CCO)C(=O)NC1CCCCC1S(=O)CC. The highest BCUT2D eigenvalue weighted by atomic mass is 32.2. The molecular formula is C14H26N2O3S. The molecule has 0 saturated heterocycles. The predicted octanol–water partition coefficient (Wildman–Crippen LogP) is 1.26. The maximum Gasteiger partial charge on any atom is 0.318 e. The highest BCUT2D eigenvalue weighted by molar-refractivity contribution is 7.85. The number of nitrogens with zero attached hydrogens (tertiary/aromatic N) is 1. The van der Waals surface area contributed by atoms with E-state index in [-0.39, 0.29) is 30.5 Å². The van der Waals surface area contributed by atoms with Crippen molar-refractivity contribution in [3.8, 4) is 0 Å². The predicted molar refractivity (Wildman–Crippen MR) is 82.1 cm³/mol. The van der Waals surface area contributed by atoms with Crippen LogP contribution in [0.15, 0.2) is 12.7 Å². The Morgan fingerprint density at radius 3 is 2.80 bits per heavy atom. The smallest absolute Gasteiger partial charge is 0.318 e. The summed E-state index contributed by atoms with van der Waals surface area (Å²) in [7, 11) is -0.883. The van der Waals surface area contributed by atoms with Gasteiger partial charge in [-0.3, -0.25) is 4.21 Å². The van der Waals surface area contributed by atoms with Crippen molar-refractivity contribution in [3.05, 3.63) is 12.7 Å². The minimum atomic E-state index is -0.883. The van der Waals surface area contributed by atoms with Gasteiger partial charge in [0.15, 0.2) is 0 Å². The molecule has 0 aromatic heterocycles. The lowest BCUT2D eigenvalue weighted by Crippen LogP contribution is -2.52. The molecule has 20 heavy (non-hydrogen) atoms. The highest BCUT2D eigenvalue weighted by Crippen LogP contribution is 2.23. The molecule has 6 heteroatoms. The number of rotatable bonds is 7. The third-order valence-corrected chi connectivity index (χ3v) is 5.45. The third-order valence-electron chi connectivity index (χ3n) is 3.64. The first kappa shape index (κ1) is 17.2. The number of nitrogens with one attached hydrogen (secondary N) is 1. The highest BCUT2D eigenvalue weighted by Gasteiger charge is 2.31. The van der Waals surface area contributed by atoms with Crippen LogP contribution >= 0.6 is 0 Å². The monoisotopic (exact) mass is 302 g/mol. The number of carbonyl (C=O) groups is 1. The van der Waals surface area contributed by atoms with E-state index in [0.29, 0.717) is 12.3 Å². The van der Waals surface area contributed by atoms with Gasteiger partial charge in [-0.25, -0.2) is 4.79 Å². The minimum Gasteiger partial charge on any atom is -0.395 e. The van der Waals surface area contributed by atoms with Crippen LogP contribution in [0.4, 0.5) is 4.79 Å². The van der Waals surface area contributed by atoms with Crippen LogP contribution in [0, 0.1) is 0 Å². The molecule has 0 aliphatic heterocycles. The number of carbonyl (C=O) groups excluding carboxylic acids is 1. The minimum absolute atomic E-state index is 0.0250. The molecule has 2 amide bonds. The molecule has 0 aromatic carbocycles. The average Bonchev–Trinajstić information content (AvgIpc) is 2.46. The Balaban J connectivity index is 2.64. The molecule has 0 spiro atoms. The van der Waals surface area contributed by atoms with E-state index in [1.54, 1.807) is 6.08 Å². The van der Waals surface area contributed by atoms with Gasteiger partial charge in [0.1, 0.15) is 0 Å². The van der Waals surface area contributed by atoms with E-state index in [0.717, 1.165) is 25.7 Å². The summed E-state index contributed by atoms with van der Waals surface area (Å²) in [5.74, 6) is 0.629. The van der Waals surface area contributed by atoms with Crippen molar-refractivity contribution in [2.45, 2.75) is 43.9 Å². The van der Waals surface area contributed by atoms with Crippen molar-refractivity contribution in [3.63, 3.8) is 0 Å². The van der Waals surface area contributed by atoms with E-state index >= 15 is 0 Å². The largest absolute Gasteiger partial charge is 0.395 e. The Bertz CT molecular complexity index is 349. The Labute approximate surface area is 123 Å². The second-order valence-corrected chi connectivity index (χ2v) is 6.95. The molecular weight excluding hydrogens is 276 g/mol. The standard InChI is InChI=1S/C14H26N2O3S/c1-3-9-16(10-11-17)14(18)15-12-7-5-6-8-13(12)20(19)4-2/h3,12-13,17H,1,4-11H2,2H3,(H,15,18). The molecule has 0 heterocycles. The van der Waals surface area contributed by atoms with Crippen LogP contribution in [-0.4, -0.2) is 57.0 Å². The molecule has 1 aliphatic carbocycles. The second kappa shape index (κ2) is 9.13. The average molecular weight is 302 g/mol. The topological polar surface area (TPSA) is 69.6 Å². The number of hydrogen-bond donors (Lipinski definition) is 2. The molecule has 1 fully saturated rings. The van der Waals surface area contributed by atoms with Crippen LogP contribution in [0.3, 0.4) is 0 Å².